The van der Waals surface area contributed by atoms with E-state index >= 15 is 0 Å². The van der Waals surface area contributed by atoms with E-state index < -0.39 is 5.41 Å². The van der Waals surface area contributed by atoms with Gasteiger partial charge < -0.3 is 15.4 Å². The molecule has 0 unspecified atom stereocenters. The third kappa shape index (κ3) is 4.49. The number of hydrogen-bond donors (Lipinski definition) is 1. The van der Waals surface area contributed by atoms with Crippen LogP contribution in [-0.2, 0) is 22.4 Å². The predicted octanol–water partition coefficient (Wildman–Crippen LogP) is 3.25. The Labute approximate surface area is 188 Å². The summed E-state index contributed by atoms with van der Waals surface area (Å²) in [6.45, 7) is 0.841. The Bertz CT molecular complexity index is 1120. The molecule has 1 aliphatic rings. The number of benzene rings is 2. The molecule has 0 bridgehead atoms. The van der Waals surface area contributed by atoms with Gasteiger partial charge in [-0.3, -0.25) is 14.6 Å². The lowest BCUT2D eigenvalue weighted by molar-refractivity contribution is -0.131. The number of nitrogens with zero attached hydrogens (tertiary/aromatic N) is 2. The fourth-order valence-corrected chi connectivity index (χ4v) is 4.43. The van der Waals surface area contributed by atoms with Crippen LogP contribution in [0.25, 0.3) is 11.1 Å². The number of carbonyl (C=O) groups excluding carboxylic acids is 2. The van der Waals surface area contributed by atoms with Gasteiger partial charge in [-0.2, -0.15) is 0 Å². The number of hydrogen-bond acceptors (Lipinski definition) is 4. The summed E-state index contributed by atoms with van der Waals surface area (Å²) in [5, 5.41) is 0. The van der Waals surface area contributed by atoms with Gasteiger partial charge in [0.05, 0.1) is 18.9 Å². The zero-order chi connectivity index (χ0) is 22.6. The van der Waals surface area contributed by atoms with E-state index in [0.29, 0.717) is 25.9 Å². The van der Waals surface area contributed by atoms with Crippen molar-refractivity contribution in [3.05, 3.63) is 84.2 Å². The normalized spacial score (nSPS) is 17.8. The Morgan fingerprint density at radius 3 is 2.72 bits per heavy atom. The van der Waals surface area contributed by atoms with Gasteiger partial charge in [0.2, 0.25) is 11.8 Å². The minimum Gasteiger partial charge on any atom is -0.497 e. The lowest BCUT2D eigenvalue weighted by Gasteiger charge is -2.27. The highest BCUT2D eigenvalue weighted by molar-refractivity contribution is 5.85. The van der Waals surface area contributed by atoms with E-state index in [9.17, 15) is 9.59 Å². The molecule has 1 aromatic heterocycles. The summed E-state index contributed by atoms with van der Waals surface area (Å²) >= 11 is 0. The first-order chi connectivity index (χ1) is 15.5. The van der Waals surface area contributed by atoms with Crippen LogP contribution in [0.2, 0.25) is 0 Å². The molecule has 0 spiro atoms. The average Bonchev–Trinajstić information content (AvgIpc) is 3.26. The summed E-state index contributed by atoms with van der Waals surface area (Å²) in [6, 6.07) is 19.4. The van der Waals surface area contributed by atoms with E-state index in [2.05, 4.69) is 4.98 Å². The second kappa shape index (κ2) is 9.22. The third-order valence-electron chi connectivity index (χ3n) is 6.24. The van der Waals surface area contributed by atoms with Crippen molar-refractivity contribution < 1.29 is 14.3 Å². The zero-order valence-corrected chi connectivity index (χ0v) is 18.2. The van der Waals surface area contributed by atoms with Crippen LogP contribution in [0.15, 0.2) is 73.1 Å². The number of nitrogens with two attached hydrogens (primary N) is 1. The number of methoxy groups -OCH3 is 1. The van der Waals surface area contributed by atoms with Gasteiger partial charge in [-0.1, -0.05) is 42.5 Å². The van der Waals surface area contributed by atoms with Crippen LogP contribution < -0.4 is 10.5 Å². The number of aromatic nitrogens is 1. The van der Waals surface area contributed by atoms with Gasteiger partial charge in [0, 0.05) is 31.0 Å². The monoisotopic (exact) mass is 429 g/mol. The lowest BCUT2D eigenvalue weighted by Crippen LogP contribution is -2.42. The molecule has 6 heteroatoms. The SMILES string of the molecule is COc1cccc(CC(=O)N2CC[C@@](Cc3ccccc3-c3cccnc3)(C(N)=O)C2)c1. The Hall–Kier alpha value is -3.67. The van der Waals surface area contributed by atoms with Crippen molar-refractivity contribution in [3.8, 4) is 16.9 Å². The highest BCUT2D eigenvalue weighted by atomic mass is 16.5. The van der Waals surface area contributed by atoms with E-state index in [1.54, 1.807) is 18.2 Å². The molecular weight excluding hydrogens is 402 g/mol. The number of carbonyl (C=O) groups is 2. The summed E-state index contributed by atoms with van der Waals surface area (Å²) in [5.74, 6) is 0.340. The quantitative estimate of drug-likeness (QED) is 0.625. The first-order valence-electron chi connectivity index (χ1n) is 10.7. The smallest absolute Gasteiger partial charge is 0.227 e. The van der Waals surface area contributed by atoms with Gasteiger partial charge in [-0.05, 0) is 47.7 Å². The van der Waals surface area contributed by atoms with E-state index in [1.807, 2.05) is 66.9 Å². The molecule has 164 valence electrons. The summed E-state index contributed by atoms with van der Waals surface area (Å²) in [5.41, 5.74) is 9.06. The fraction of sp³-hybridized carbons (Fsp3) is 0.269. The third-order valence-corrected chi connectivity index (χ3v) is 6.24. The minimum atomic E-state index is -0.789. The maximum Gasteiger partial charge on any atom is 0.227 e. The van der Waals surface area contributed by atoms with Gasteiger partial charge in [-0.25, -0.2) is 0 Å². The maximum absolute atomic E-state index is 13.0. The predicted molar refractivity (Wildman–Crippen MR) is 123 cm³/mol. The van der Waals surface area contributed by atoms with Gasteiger partial charge >= 0.3 is 0 Å². The molecule has 32 heavy (non-hydrogen) atoms. The standard InChI is InChI=1S/C26H27N3O3/c1-32-22-9-4-6-19(14-22)15-24(30)29-13-11-26(18-29,25(27)31)16-20-7-2-3-10-23(20)21-8-5-12-28-17-21/h2-10,12,14,17H,11,13,15-16,18H2,1H3,(H2,27,31)/t26-/m0/s1. The number of ether oxygens (including phenoxy) is 1. The maximum atomic E-state index is 13.0. The molecular formula is C26H27N3O3. The molecule has 1 atom stereocenters. The summed E-state index contributed by atoms with van der Waals surface area (Å²) in [7, 11) is 1.60. The number of pyridine rings is 1. The second-order valence-corrected chi connectivity index (χ2v) is 8.31. The Morgan fingerprint density at radius 2 is 1.97 bits per heavy atom. The van der Waals surface area contributed by atoms with Gasteiger partial charge in [0.1, 0.15) is 5.75 Å². The van der Waals surface area contributed by atoms with Gasteiger partial charge in [-0.15, -0.1) is 0 Å². The first kappa shape index (κ1) is 21.6. The van der Waals surface area contributed by atoms with Crippen LogP contribution in [0.1, 0.15) is 17.5 Å². The molecule has 0 radical (unpaired) electrons. The van der Waals surface area contributed by atoms with Crippen molar-refractivity contribution in [2.24, 2.45) is 11.1 Å². The molecule has 1 aliphatic heterocycles. The van der Waals surface area contributed by atoms with Crippen LogP contribution in [0.3, 0.4) is 0 Å². The van der Waals surface area contributed by atoms with Crippen molar-refractivity contribution in [1.82, 2.24) is 9.88 Å². The van der Waals surface area contributed by atoms with E-state index in [0.717, 1.165) is 28.0 Å². The summed E-state index contributed by atoms with van der Waals surface area (Å²) < 4.78 is 5.25. The molecule has 1 saturated heterocycles. The number of primary amides is 1. The van der Waals surface area contributed by atoms with E-state index in [-0.39, 0.29) is 18.2 Å². The fourth-order valence-electron chi connectivity index (χ4n) is 4.43. The lowest BCUT2D eigenvalue weighted by atomic mass is 9.78. The van der Waals surface area contributed by atoms with Crippen LogP contribution in [-0.4, -0.2) is 41.9 Å². The molecule has 6 nitrogen and oxygen atoms in total. The second-order valence-electron chi connectivity index (χ2n) is 8.31. The largest absolute Gasteiger partial charge is 0.497 e. The van der Waals surface area contributed by atoms with Crippen molar-refractivity contribution in [1.29, 1.82) is 0 Å². The Kier molecular flexibility index (Phi) is 6.21. The number of rotatable bonds is 7. The molecule has 4 rings (SSSR count). The molecule has 2 aromatic carbocycles. The average molecular weight is 430 g/mol. The topological polar surface area (TPSA) is 85.5 Å². The highest BCUT2D eigenvalue weighted by Crippen LogP contribution is 2.37. The van der Waals surface area contributed by atoms with E-state index in [4.69, 9.17) is 10.5 Å². The molecule has 3 aromatic rings. The Balaban J connectivity index is 1.54. The number of likely N-dealkylation sites (tertiary alicyclic amines) is 1. The summed E-state index contributed by atoms with van der Waals surface area (Å²) in [6.07, 6.45) is 4.84. The highest BCUT2D eigenvalue weighted by Gasteiger charge is 2.45. The first-order valence-corrected chi connectivity index (χ1v) is 10.7. The van der Waals surface area contributed by atoms with Crippen molar-refractivity contribution >= 4 is 11.8 Å². The van der Waals surface area contributed by atoms with Gasteiger partial charge in [0.15, 0.2) is 0 Å². The molecule has 2 N–H and O–H groups in total. The Morgan fingerprint density at radius 1 is 1.12 bits per heavy atom. The number of amides is 2. The van der Waals surface area contributed by atoms with Crippen LogP contribution in [0.5, 0.6) is 5.75 Å². The van der Waals surface area contributed by atoms with E-state index in [1.165, 1.54) is 0 Å². The van der Waals surface area contributed by atoms with Crippen molar-refractivity contribution in [2.75, 3.05) is 20.2 Å². The molecule has 2 heterocycles. The van der Waals surface area contributed by atoms with Crippen molar-refractivity contribution in [2.45, 2.75) is 19.3 Å². The van der Waals surface area contributed by atoms with Crippen LogP contribution in [0.4, 0.5) is 0 Å². The minimum absolute atomic E-state index is 0.0121. The van der Waals surface area contributed by atoms with Crippen LogP contribution in [0, 0.1) is 5.41 Å². The molecule has 0 aliphatic carbocycles. The van der Waals surface area contributed by atoms with Crippen molar-refractivity contribution in [3.63, 3.8) is 0 Å². The summed E-state index contributed by atoms with van der Waals surface area (Å²) in [4.78, 5) is 31.6. The molecule has 1 fully saturated rings. The molecule has 0 saturated carbocycles. The van der Waals surface area contributed by atoms with Crippen LogP contribution >= 0.6 is 0 Å². The van der Waals surface area contributed by atoms with Gasteiger partial charge in [0.25, 0.3) is 0 Å². The zero-order valence-electron chi connectivity index (χ0n) is 18.2. The molecule has 2 amide bonds.